The van der Waals surface area contributed by atoms with Gasteiger partial charge in [-0.25, -0.2) is 9.29 Å². The summed E-state index contributed by atoms with van der Waals surface area (Å²) < 4.78 is 69.0. The van der Waals surface area contributed by atoms with Crippen molar-refractivity contribution in [3.8, 4) is 0 Å². The molecule has 1 aromatic heterocycles. The molecule has 2 rings (SSSR count). The number of nitrogens with zero attached hydrogens (tertiary/aromatic N) is 3. The zero-order valence-corrected chi connectivity index (χ0v) is 19.0. The first kappa shape index (κ1) is 27.2. The van der Waals surface area contributed by atoms with E-state index in [1.165, 1.54) is 10.7 Å². The van der Waals surface area contributed by atoms with E-state index >= 15 is 0 Å². The van der Waals surface area contributed by atoms with Crippen LogP contribution in [0.3, 0.4) is 0 Å². The molecule has 0 aromatic carbocycles. The van der Waals surface area contributed by atoms with Crippen LogP contribution in [0.4, 0.5) is 18.3 Å². The second kappa shape index (κ2) is 10.5. The van der Waals surface area contributed by atoms with E-state index in [1.54, 1.807) is 0 Å². The summed E-state index contributed by atoms with van der Waals surface area (Å²) in [6.45, 7) is -1.09. The molecule has 1 aromatic rings. The summed E-state index contributed by atoms with van der Waals surface area (Å²) in [5, 5.41) is 10.4. The van der Waals surface area contributed by atoms with Crippen molar-refractivity contribution in [2.24, 2.45) is 5.16 Å². The Bertz CT molecular complexity index is 1120. The minimum atomic E-state index is -5.31. The number of oxime groups is 1. The van der Waals surface area contributed by atoms with Gasteiger partial charge in [-0.2, -0.15) is 21.6 Å². The fourth-order valence-electron chi connectivity index (χ4n) is 2.56. The first-order valence-electron chi connectivity index (χ1n) is 8.60. The zero-order chi connectivity index (χ0) is 25.8. The molecule has 0 saturated carbocycles. The number of rotatable bonds is 9. The van der Waals surface area contributed by atoms with E-state index < -0.39 is 64.4 Å². The average Bonchev–Trinajstić information content (AvgIpc) is 3.18. The van der Waals surface area contributed by atoms with E-state index in [9.17, 15) is 40.8 Å². The summed E-state index contributed by atoms with van der Waals surface area (Å²) in [7, 11) is -4.17. The van der Waals surface area contributed by atoms with Crippen LogP contribution in [0, 0.1) is 0 Å². The molecule has 0 aliphatic carbocycles. The highest BCUT2D eigenvalue weighted by Crippen LogP contribution is 2.24. The number of amides is 4. The van der Waals surface area contributed by atoms with Crippen LogP contribution >= 0.6 is 22.9 Å². The molecule has 1 aliphatic rings. The van der Waals surface area contributed by atoms with Gasteiger partial charge in [-0.05, 0) is 0 Å². The molecular weight excluding hydrogens is 537 g/mol. The molecule has 34 heavy (non-hydrogen) atoms. The van der Waals surface area contributed by atoms with Crippen LogP contribution in [0.15, 0.2) is 10.5 Å². The van der Waals surface area contributed by atoms with Crippen molar-refractivity contribution in [1.82, 2.24) is 19.9 Å². The van der Waals surface area contributed by atoms with Crippen LogP contribution in [0.25, 0.3) is 0 Å². The number of anilines is 1. The maximum atomic E-state index is 12.7. The Kier molecular flexibility index (Phi) is 8.40. The fraction of sp³-hybridized carbons (Fsp3) is 0.429. The molecular formula is C14H14ClF3N6O8S2. The molecule has 20 heteroatoms. The van der Waals surface area contributed by atoms with Gasteiger partial charge in [0.05, 0.1) is 6.04 Å². The molecule has 4 amide bonds. The Morgan fingerprint density at radius 2 is 2.03 bits per heavy atom. The van der Waals surface area contributed by atoms with Gasteiger partial charge in [-0.15, -0.1) is 22.9 Å². The molecule has 1 fully saturated rings. The zero-order valence-electron chi connectivity index (χ0n) is 16.6. The second-order valence-electron chi connectivity index (χ2n) is 6.18. The summed E-state index contributed by atoms with van der Waals surface area (Å²) >= 11 is 6.23. The predicted molar refractivity (Wildman–Crippen MR) is 108 cm³/mol. The van der Waals surface area contributed by atoms with Crippen molar-refractivity contribution in [2.75, 3.05) is 24.9 Å². The molecule has 0 radical (unpaired) electrons. The maximum Gasteiger partial charge on any atom is 0.471 e. The number of β-lactam (4-membered cyclic amide) rings is 1. The van der Waals surface area contributed by atoms with Crippen molar-refractivity contribution in [3.63, 3.8) is 0 Å². The van der Waals surface area contributed by atoms with Crippen LogP contribution in [0.2, 0.25) is 0 Å². The lowest BCUT2D eigenvalue weighted by atomic mass is 9.98. The summed E-state index contributed by atoms with van der Waals surface area (Å²) in [4.78, 5) is 55.6. The van der Waals surface area contributed by atoms with Crippen molar-refractivity contribution in [3.05, 3.63) is 11.1 Å². The Labute approximate surface area is 197 Å². The lowest BCUT2D eigenvalue weighted by molar-refractivity contribution is -0.174. The number of nitrogens with one attached hydrogen (secondary N) is 3. The van der Waals surface area contributed by atoms with Gasteiger partial charge in [0.1, 0.15) is 24.7 Å². The number of hydrogen-bond donors (Lipinski definition) is 4. The lowest BCUT2D eigenvalue weighted by Crippen LogP contribution is -2.74. The van der Waals surface area contributed by atoms with E-state index in [2.05, 4.69) is 20.3 Å². The molecule has 1 aliphatic heterocycles. The number of hydrogen-bond acceptors (Lipinski definition) is 10. The maximum absolute atomic E-state index is 12.7. The summed E-state index contributed by atoms with van der Waals surface area (Å²) in [5.74, 6) is -6.00. The number of alkyl halides is 4. The second-order valence-corrected chi connectivity index (χ2v) is 8.59. The van der Waals surface area contributed by atoms with Gasteiger partial charge in [-0.1, -0.05) is 5.16 Å². The van der Waals surface area contributed by atoms with Crippen LogP contribution in [0.5, 0.6) is 0 Å². The average molecular weight is 551 g/mol. The Balaban J connectivity index is 2.22. The van der Waals surface area contributed by atoms with Crippen LogP contribution < -0.4 is 16.0 Å². The van der Waals surface area contributed by atoms with Gasteiger partial charge in [0.2, 0.25) is 5.91 Å². The first-order chi connectivity index (χ1) is 15.7. The van der Waals surface area contributed by atoms with E-state index in [4.69, 9.17) is 16.2 Å². The molecule has 0 spiro atoms. The van der Waals surface area contributed by atoms with Crippen LogP contribution in [-0.4, -0.2) is 89.4 Å². The molecule has 14 nitrogen and oxygen atoms in total. The largest absolute Gasteiger partial charge is 0.471 e. The summed E-state index contributed by atoms with van der Waals surface area (Å²) in [6.07, 6.45) is -5.31. The van der Waals surface area contributed by atoms with Gasteiger partial charge in [0, 0.05) is 11.9 Å². The summed E-state index contributed by atoms with van der Waals surface area (Å²) in [5.41, 5.74) is -0.712. The van der Waals surface area contributed by atoms with Crippen LogP contribution in [-0.2, 0) is 34.3 Å². The molecule has 2 heterocycles. The number of aromatic nitrogens is 1. The van der Waals surface area contributed by atoms with Crippen molar-refractivity contribution in [2.45, 2.75) is 18.3 Å². The number of thiazole rings is 1. The molecule has 2 atom stereocenters. The summed E-state index contributed by atoms with van der Waals surface area (Å²) in [6, 6.07) is -3.57. The van der Waals surface area contributed by atoms with E-state index in [0.29, 0.717) is 0 Å². The van der Waals surface area contributed by atoms with E-state index in [1.807, 2.05) is 5.32 Å². The van der Waals surface area contributed by atoms with E-state index in [0.717, 1.165) is 18.4 Å². The van der Waals surface area contributed by atoms with Gasteiger partial charge < -0.3 is 20.8 Å². The predicted octanol–water partition coefficient (Wildman–Crippen LogP) is -1.15. The normalized spacial score (nSPS) is 18.7. The minimum Gasteiger partial charge on any atom is -0.398 e. The minimum absolute atomic E-state index is 0.0160. The Morgan fingerprint density at radius 1 is 1.38 bits per heavy atom. The third kappa shape index (κ3) is 6.30. The fourth-order valence-corrected chi connectivity index (χ4v) is 4.21. The third-order valence-corrected chi connectivity index (χ3v) is 5.89. The molecule has 2 unspecified atom stereocenters. The van der Waals surface area contributed by atoms with Gasteiger partial charge in [-0.3, -0.25) is 23.7 Å². The van der Waals surface area contributed by atoms with Crippen LogP contribution in [0.1, 0.15) is 5.69 Å². The van der Waals surface area contributed by atoms with E-state index in [-0.39, 0.29) is 21.0 Å². The molecule has 4 N–H and O–H groups in total. The van der Waals surface area contributed by atoms with Gasteiger partial charge >= 0.3 is 22.4 Å². The quantitative estimate of drug-likeness (QED) is 0.0964. The third-order valence-electron chi connectivity index (χ3n) is 3.95. The first-order valence-corrected chi connectivity index (χ1v) is 11.4. The highest BCUT2D eigenvalue weighted by atomic mass is 35.5. The number of halogens is 4. The highest BCUT2D eigenvalue weighted by Gasteiger charge is 2.54. The van der Waals surface area contributed by atoms with Gasteiger partial charge in [0.15, 0.2) is 10.8 Å². The molecule has 1 saturated heterocycles. The monoisotopic (exact) mass is 550 g/mol. The molecule has 188 valence electrons. The van der Waals surface area contributed by atoms with Crippen molar-refractivity contribution < 1.29 is 50.2 Å². The lowest BCUT2D eigenvalue weighted by Gasteiger charge is -2.44. The Hall–Kier alpha value is -3.03. The standard InChI is InChI=1S/C14H14ClF3N6O8S2/c1-32-23-8(5-4-33-13(20-5)21-7(25)2-15)10(26)22-9-6(3-19-12(28)14(16,17)18)24(11(9)27)34(29,30)31/h4,6,9H,2-3H2,1H3,(H,19,28)(H,22,26)(H,20,21,25)(H,29,30,31)/b23-8-. The topological polar surface area (TPSA) is 196 Å². The van der Waals surface area contributed by atoms with Crippen molar-refractivity contribution in [1.29, 1.82) is 0 Å². The van der Waals surface area contributed by atoms with Crippen molar-refractivity contribution >= 4 is 67.7 Å². The highest BCUT2D eigenvalue weighted by molar-refractivity contribution is 7.84. The number of carbonyl (C=O) groups excluding carboxylic acids is 4. The van der Waals surface area contributed by atoms with Gasteiger partial charge in [0.25, 0.3) is 11.8 Å². The SMILES string of the molecule is CO/N=C(\C(=O)NC1C(=O)N(S(=O)(=O)O)C1CNC(=O)C(F)(F)F)c1csc(NC(=O)CCl)n1. The molecule has 0 bridgehead atoms. The smallest absolute Gasteiger partial charge is 0.398 e. The Morgan fingerprint density at radius 3 is 2.56 bits per heavy atom. The number of carbonyl (C=O) groups is 4.